The quantitative estimate of drug-likeness (QED) is 0.374. The smallest absolute Gasteiger partial charge is 0.318 e. The molecule has 2 heterocycles. The minimum absolute atomic E-state index is 0.113. The van der Waals surface area contributed by atoms with Gasteiger partial charge in [0.1, 0.15) is 0 Å². The van der Waals surface area contributed by atoms with Gasteiger partial charge in [-0.3, -0.25) is 19.2 Å². The maximum absolute atomic E-state index is 11.4. The summed E-state index contributed by atoms with van der Waals surface area (Å²) in [5, 5.41) is 0. The Kier molecular flexibility index (Phi) is 3.03. The zero-order valence-electron chi connectivity index (χ0n) is 14.6. The molecule has 8 atom stereocenters. The number of ether oxygens (including phenoxy) is 2. The molecule has 6 heteroatoms. The summed E-state index contributed by atoms with van der Waals surface area (Å²) in [4.78, 5) is 45.3. The Labute approximate surface area is 150 Å². The third-order valence-corrected chi connectivity index (χ3v) is 7.27. The standard InChI is InChI=1S/2C10H10O3/c1-4-2-5-3-6(4)8-7(5)9(11)13-10(8)12;1-10-3-2-5(4-10)6-7(10)9(12)13-8(6)11/h2,5-8H,3H2,1H3;2-3,5-7H,4H2,1H3. The third kappa shape index (κ3) is 1.87. The fourth-order valence-electron chi connectivity index (χ4n) is 6.15. The van der Waals surface area contributed by atoms with Crippen molar-refractivity contribution < 1.29 is 28.7 Å². The molecule has 0 spiro atoms. The van der Waals surface area contributed by atoms with Crippen LogP contribution in [0.1, 0.15) is 26.7 Å². The van der Waals surface area contributed by atoms with Crippen LogP contribution in [-0.2, 0) is 28.7 Å². The van der Waals surface area contributed by atoms with Crippen LogP contribution in [0.15, 0.2) is 23.8 Å². The summed E-state index contributed by atoms with van der Waals surface area (Å²) in [6.45, 7) is 4.07. The number of rotatable bonds is 0. The molecule has 2 aliphatic heterocycles. The molecule has 4 fully saturated rings. The fraction of sp³-hybridized carbons (Fsp3) is 0.600. The molecule has 6 nitrogen and oxygen atoms in total. The monoisotopic (exact) mass is 356 g/mol. The lowest BCUT2D eigenvalue weighted by atomic mass is 9.76. The molecule has 26 heavy (non-hydrogen) atoms. The lowest BCUT2D eigenvalue weighted by Gasteiger charge is -2.23. The number of allylic oxidation sites excluding steroid dienone is 4. The van der Waals surface area contributed by atoms with Gasteiger partial charge in [-0.25, -0.2) is 0 Å². The molecule has 0 aromatic heterocycles. The number of cyclic esters (lactones) is 4. The molecule has 8 unspecified atom stereocenters. The zero-order chi connectivity index (χ0) is 18.4. The van der Waals surface area contributed by atoms with Gasteiger partial charge >= 0.3 is 23.9 Å². The van der Waals surface area contributed by atoms with Crippen molar-refractivity contribution >= 4 is 23.9 Å². The Morgan fingerprint density at radius 2 is 1.58 bits per heavy atom. The van der Waals surface area contributed by atoms with Gasteiger partial charge in [0, 0.05) is 5.41 Å². The lowest BCUT2D eigenvalue weighted by Crippen LogP contribution is -2.28. The van der Waals surface area contributed by atoms with Gasteiger partial charge in [0.2, 0.25) is 0 Å². The van der Waals surface area contributed by atoms with Crippen molar-refractivity contribution in [2.45, 2.75) is 26.7 Å². The second-order valence-electron chi connectivity index (χ2n) is 8.68. The van der Waals surface area contributed by atoms with E-state index in [4.69, 9.17) is 0 Å². The zero-order valence-corrected chi connectivity index (χ0v) is 14.6. The minimum atomic E-state index is -0.315. The molecule has 136 valence electrons. The first-order chi connectivity index (χ1) is 12.3. The van der Waals surface area contributed by atoms with E-state index in [1.165, 1.54) is 5.57 Å². The molecular weight excluding hydrogens is 336 g/mol. The van der Waals surface area contributed by atoms with E-state index in [1.54, 1.807) is 0 Å². The molecule has 0 radical (unpaired) electrons. The normalized spacial score (nSPS) is 48.8. The molecule has 0 amide bonds. The van der Waals surface area contributed by atoms with Gasteiger partial charge < -0.3 is 9.47 Å². The van der Waals surface area contributed by atoms with Crippen LogP contribution in [0.2, 0.25) is 0 Å². The first kappa shape index (κ1) is 16.0. The topological polar surface area (TPSA) is 86.7 Å². The lowest BCUT2D eigenvalue weighted by molar-refractivity contribution is -0.156. The van der Waals surface area contributed by atoms with E-state index >= 15 is 0 Å². The number of esters is 4. The number of carbonyl (C=O) groups excluding carboxylic acids is 4. The molecule has 6 rings (SSSR count). The minimum Gasteiger partial charge on any atom is -0.393 e. The highest BCUT2D eigenvalue weighted by Crippen LogP contribution is 2.59. The molecule has 0 N–H and O–H groups in total. The molecule has 0 aromatic carbocycles. The summed E-state index contributed by atoms with van der Waals surface area (Å²) in [5.41, 5.74) is 1.15. The Bertz CT molecular complexity index is 816. The first-order valence-electron chi connectivity index (χ1n) is 9.19. The summed E-state index contributed by atoms with van der Waals surface area (Å²) in [5.74, 6) is -1.10. The number of hydrogen-bond donors (Lipinski definition) is 0. The summed E-state index contributed by atoms with van der Waals surface area (Å²) >= 11 is 0. The van der Waals surface area contributed by atoms with Gasteiger partial charge in [0.05, 0.1) is 23.7 Å². The second-order valence-corrected chi connectivity index (χ2v) is 8.68. The third-order valence-electron chi connectivity index (χ3n) is 7.27. The van der Waals surface area contributed by atoms with Crippen LogP contribution in [0.25, 0.3) is 0 Å². The average molecular weight is 356 g/mol. The fourth-order valence-corrected chi connectivity index (χ4v) is 6.15. The van der Waals surface area contributed by atoms with Crippen molar-refractivity contribution in [2.75, 3.05) is 0 Å². The molecule has 4 aliphatic carbocycles. The van der Waals surface area contributed by atoms with Crippen LogP contribution >= 0.6 is 0 Å². The number of hydrogen-bond acceptors (Lipinski definition) is 6. The van der Waals surface area contributed by atoms with Gasteiger partial charge in [0.15, 0.2) is 0 Å². The van der Waals surface area contributed by atoms with Crippen LogP contribution in [0.3, 0.4) is 0 Å². The van der Waals surface area contributed by atoms with Gasteiger partial charge in [-0.2, -0.15) is 0 Å². The highest BCUT2D eigenvalue weighted by atomic mass is 16.6. The maximum Gasteiger partial charge on any atom is 0.318 e. The van der Waals surface area contributed by atoms with Crippen LogP contribution in [-0.4, -0.2) is 23.9 Å². The Hall–Kier alpha value is -2.24. The van der Waals surface area contributed by atoms with Crippen molar-refractivity contribution in [3.05, 3.63) is 23.8 Å². The maximum atomic E-state index is 11.4. The van der Waals surface area contributed by atoms with Gasteiger partial charge in [0.25, 0.3) is 0 Å². The van der Waals surface area contributed by atoms with E-state index in [1.807, 2.05) is 13.8 Å². The molecular formula is C20H20O6. The van der Waals surface area contributed by atoms with Crippen molar-refractivity contribution in [1.82, 2.24) is 0 Å². The van der Waals surface area contributed by atoms with E-state index in [0.29, 0.717) is 0 Å². The Morgan fingerprint density at radius 3 is 2.31 bits per heavy atom. The van der Waals surface area contributed by atoms with Crippen molar-refractivity contribution in [3.63, 3.8) is 0 Å². The molecule has 2 saturated heterocycles. The highest BCUT2D eigenvalue weighted by Gasteiger charge is 2.63. The molecule has 6 aliphatic rings. The average Bonchev–Trinajstić information content (AvgIpc) is 3.34. The molecule has 2 saturated carbocycles. The van der Waals surface area contributed by atoms with Crippen molar-refractivity contribution in [2.24, 2.45) is 46.8 Å². The van der Waals surface area contributed by atoms with Crippen LogP contribution in [0, 0.1) is 46.8 Å². The predicted molar refractivity (Wildman–Crippen MR) is 86.9 cm³/mol. The van der Waals surface area contributed by atoms with Crippen molar-refractivity contribution in [3.8, 4) is 0 Å². The highest BCUT2D eigenvalue weighted by molar-refractivity contribution is 5.99. The summed E-state index contributed by atoms with van der Waals surface area (Å²) in [6.07, 6.45) is 8.16. The van der Waals surface area contributed by atoms with E-state index in [-0.39, 0.29) is 70.7 Å². The number of carbonyl (C=O) groups is 4. The first-order valence-corrected chi connectivity index (χ1v) is 9.19. The molecule has 4 bridgehead atoms. The Balaban J connectivity index is 0.000000115. The van der Waals surface area contributed by atoms with E-state index in [9.17, 15) is 19.2 Å². The van der Waals surface area contributed by atoms with Gasteiger partial charge in [-0.05, 0) is 37.5 Å². The van der Waals surface area contributed by atoms with E-state index in [2.05, 4.69) is 27.7 Å². The summed E-state index contributed by atoms with van der Waals surface area (Å²) in [7, 11) is 0. The molecule has 0 aromatic rings. The van der Waals surface area contributed by atoms with Gasteiger partial charge in [-0.15, -0.1) is 0 Å². The van der Waals surface area contributed by atoms with E-state index < -0.39 is 0 Å². The van der Waals surface area contributed by atoms with Crippen LogP contribution in [0.4, 0.5) is 0 Å². The predicted octanol–water partition coefficient (Wildman–Crippen LogP) is 1.80. The van der Waals surface area contributed by atoms with Crippen LogP contribution in [0.5, 0.6) is 0 Å². The van der Waals surface area contributed by atoms with E-state index in [0.717, 1.165) is 12.8 Å². The number of fused-ring (bicyclic) bond motifs is 10. The SMILES string of the molecule is CC12C=CC(C1)C1C(=O)OC(=O)C12.CC1=CC2CC1C1C(=O)OC(=O)C21. The Morgan fingerprint density at radius 1 is 0.923 bits per heavy atom. The second kappa shape index (κ2) is 4.93. The van der Waals surface area contributed by atoms with Gasteiger partial charge in [-0.1, -0.05) is 30.7 Å². The van der Waals surface area contributed by atoms with Crippen LogP contribution < -0.4 is 0 Å². The van der Waals surface area contributed by atoms with Crippen molar-refractivity contribution in [1.29, 1.82) is 0 Å². The largest absolute Gasteiger partial charge is 0.393 e. The summed E-state index contributed by atoms with van der Waals surface area (Å²) in [6, 6.07) is 0. The summed E-state index contributed by atoms with van der Waals surface area (Å²) < 4.78 is 9.30.